The van der Waals surface area contributed by atoms with Gasteiger partial charge in [0, 0.05) is 44.6 Å². The van der Waals surface area contributed by atoms with E-state index in [0.29, 0.717) is 25.5 Å². The average molecular weight is 371 g/mol. The van der Waals surface area contributed by atoms with E-state index in [1.165, 1.54) is 4.31 Å². The zero-order chi connectivity index (χ0) is 18.4. The van der Waals surface area contributed by atoms with Crippen LogP contribution in [0.1, 0.15) is 38.3 Å². The molecule has 0 spiro atoms. The fourth-order valence-corrected chi connectivity index (χ4v) is 5.03. The van der Waals surface area contributed by atoms with Gasteiger partial charge in [0.05, 0.1) is 16.9 Å². The maximum Gasteiger partial charge on any atom is 0.312 e. The number of sulfonamides is 1. The van der Waals surface area contributed by atoms with Gasteiger partial charge in [-0.3, -0.25) is 9.69 Å². The third kappa shape index (κ3) is 3.20. The Morgan fingerprint density at radius 1 is 1.44 bits per heavy atom. The summed E-state index contributed by atoms with van der Waals surface area (Å²) >= 11 is 0. The highest BCUT2D eigenvalue weighted by molar-refractivity contribution is 7.89. The van der Waals surface area contributed by atoms with Crippen molar-refractivity contribution in [3.8, 4) is 0 Å². The lowest BCUT2D eigenvalue weighted by molar-refractivity contribution is -0.148. The Kier molecular flexibility index (Phi) is 4.67. The summed E-state index contributed by atoms with van der Waals surface area (Å²) in [7, 11) is -3.37. The van der Waals surface area contributed by atoms with Crippen molar-refractivity contribution in [1.82, 2.24) is 14.2 Å². The van der Waals surface area contributed by atoms with Gasteiger partial charge in [0.15, 0.2) is 5.89 Å². The lowest BCUT2D eigenvalue weighted by atomic mass is 9.81. The highest BCUT2D eigenvalue weighted by Crippen LogP contribution is 2.44. The first kappa shape index (κ1) is 18.3. The number of hydrogen-bond donors (Lipinski definition) is 1. The lowest BCUT2D eigenvalue weighted by Gasteiger charge is -2.24. The van der Waals surface area contributed by atoms with Crippen LogP contribution in [0.5, 0.6) is 0 Å². The minimum atomic E-state index is -3.37. The normalized spacial score (nSPS) is 27.9. The Balaban J connectivity index is 1.74. The summed E-state index contributed by atoms with van der Waals surface area (Å²) in [5.41, 5.74) is -0.255. The molecule has 1 aromatic heterocycles. The third-order valence-electron chi connectivity index (χ3n) is 5.28. The Morgan fingerprint density at radius 2 is 2.16 bits per heavy atom. The van der Waals surface area contributed by atoms with Gasteiger partial charge in [-0.05, 0) is 6.92 Å². The largest absolute Gasteiger partial charge is 0.481 e. The van der Waals surface area contributed by atoms with Crippen LogP contribution in [0.4, 0.5) is 0 Å². The van der Waals surface area contributed by atoms with Gasteiger partial charge in [0.25, 0.3) is 0 Å². The first-order chi connectivity index (χ1) is 11.7. The fourth-order valence-electron chi connectivity index (χ4n) is 3.83. The molecule has 3 rings (SSSR count). The number of likely N-dealkylation sites (tertiary alicyclic amines) is 1. The van der Waals surface area contributed by atoms with Crippen LogP contribution in [-0.2, 0) is 21.4 Å². The van der Waals surface area contributed by atoms with E-state index in [1.54, 1.807) is 13.2 Å². The van der Waals surface area contributed by atoms with E-state index in [0.717, 1.165) is 5.69 Å². The molecule has 8 nitrogen and oxygen atoms in total. The molecule has 1 N–H and O–H groups in total. The maximum atomic E-state index is 12.1. The summed E-state index contributed by atoms with van der Waals surface area (Å²) in [5, 5.41) is 9.81. The molecule has 2 atom stereocenters. The number of aromatic nitrogens is 1. The van der Waals surface area contributed by atoms with Crippen molar-refractivity contribution in [2.45, 2.75) is 33.2 Å². The first-order valence-corrected chi connectivity index (χ1v) is 10.2. The Bertz CT molecular complexity index is 760. The number of nitrogens with zero attached hydrogens (tertiary/aromatic N) is 3. The van der Waals surface area contributed by atoms with Crippen LogP contribution in [-0.4, -0.2) is 65.6 Å². The van der Waals surface area contributed by atoms with Gasteiger partial charge in [-0.25, -0.2) is 17.7 Å². The molecule has 2 aliphatic rings. The van der Waals surface area contributed by atoms with E-state index < -0.39 is 21.4 Å². The highest BCUT2D eigenvalue weighted by Gasteiger charge is 2.59. The average Bonchev–Trinajstić information content (AvgIpc) is 3.20. The predicted molar refractivity (Wildman–Crippen MR) is 90.5 cm³/mol. The molecule has 9 heteroatoms. The highest BCUT2D eigenvalue weighted by atomic mass is 32.2. The number of hydrogen-bond acceptors (Lipinski definition) is 6. The molecule has 0 saturated carbocycles. The number of fused-ring (bicyclic) bond motifs is 1. The van der Waals surface area contributed by atoms with Crippen LogP contribution in [0.3, 0.4) is 0 Å². The lowest BCUT2D eigenvalue weighted by Crippen LogP contribution is -2.42. The zero-order valence-electron chi connectivity index (χ0n) is 14.8. The molecule has 0 radical (unpaired) electrons. The van der Waals surface area contributed by atoms with E-state index in [9.17, 15) is 18.3 Å². The van der Waals surface area contributed by atoms with Crippen molar-refractivity contribution in [3.63, 3.8) is 0 Å². The molecule has 0 amide bonds. The monoisotopic (exact) mass is 371 g/mol. The second-order valence-corrected chi connectivity index (χ2v) is 9.61. The van der Waals surface area contributed by atoms with Crippen LogP contribution in [0.15, 0.2) is 10.7 Å². The number of oxazole rings is 1. The Hall–Kier alpha value is -1.45. The quantitative estimate of drug-likeness (QED) is 0.794. The molecule has 1 aromatic rings. The van der Waals surface area contributed by atoms with E-state index in [4.69, 9.17) is 4.42 Å². The third-order valence-corrected chi connectivity index (χ3v) is 7.08. The molecule has 25 heavy (non-hydrogen) atoms. The van der Waals surface area contributed by atoms with Crippen molar-refractivity contribution in [2.75, 3.05) is 31.9 Å². The van der Waals surface area contributed by atoms with Crippen molar-refractivity contribution in [1.29, 1.82) is 0 Å². The smallest absolute Gasteiger partial charge is 0.312 e. The molecule has 2 aliphatic heterocycles. The topological polar surface area (TPSA) is 104 Å². The standard InChI is InChI=1S/C16H25N3O5S/c1-4-25(22,23)19-6-12-5-18(9-16(12,10-19)15(20)21)7-13-8-24-14(17-13)11(2)3/h8,11-12H,4-7,9-10H2,1-3H3,(H,20,21)/t12-,16-/m0/s1. The minimum Gasteiger partial charge on any atom is -0.481 e. The van der Waals surface area contributed by atoms with Crippen molar-refractivity contribution in [3.05, 3.63) is 17.8 Å². The first-order valence-electron chi connectivity index (χ1n) is 8.56. The van der Waals surface area contributed by atoms with Gasteiger partial charge in [-0.15, -0.1) is 0 Å². The number of carboxylic acid groups (broad SMARTS) is 1. The van der Waals surface area contributed by atoms with Crippen LogP contribution in [0.25, 0.3) is 0 Å². The number of aliphatic carboxylic acids is 1. The Labute approximate surface area is 147 Å². The SMILES string of the molecule is CCS(=O)(=O)N1C[C@@H]2CN(Cc3coc(C(C)C)n3)C[C@]2(C(=O)O)C1. The molecule has 140 valence electrons. The van der Waals surface area contributed by atoms with Crippen LogP contribution in [0, 0.1) is 11.3 Å². The van der Waals surface area contributed by atoms with Gasteiger partial charge in [0.2, 0.25) is 10.0 Å². The van der Waals surface area contributed by atoms with Crippen LogP contribution in [0.2, 0.25) is 0 Å². The zero-order valence-corrected chi connectivity index (χ0v) is 15.6. The molecule has 0 aromatic carbocycles. The van der Waals surface area contributed by atoms with Crippen LogP contribution < -0.4 is 0 Å². The van der Waals surface area contributed by atoms with E-state index >= 15 is 0 Å². The maximum absolute atomic E-state index is 12.1. The van der Waals surface area contributed by atoms with E-state index in [-0.39, 0.29) is 30.7 Å². The van der Waals surface area contributed by atoms with Crippen molar-refractivity contribution >= 4 is 16.0 Å². The van der Waals surface area contributed by atoms with Crippen molar-refractivity contribution < 1.29 is 22.7 Å². The number of rotatable bonds is 6. The summed E-state index contributed by atoms with van der Waals surface area (Å²) in [6.45, 7) is 7.29. The Morgan fingerprint density at radius 3 is 2.68 bits per heavy atom. The van der Waals surface area contributed by atoms with Gasteiger partial charge in [-0.2, -0.15) is 0 Å². The fraction of sp³-hybridized carbons (Fsp3) is 0.750. The summed E-state index contributed by atoms with van der Waals surface area (Å²) < 4.78 is 31.0. The van der Waals surface area contributed by atoms with Crippen molar-refractivity contribution in [2.24, 2.45) is 11.3 Å². The summed E-state index contributed by atoms with van der Waals surface area (Å²) in [4.78, 5) is 18.5. The molecule has 2 saturated heterocycles. The number of carbonyl (C=O) groups is 1. The second kappa shape index (κ2) is 6.37. The molecule has 0 aliphatic carbocycles. The van der Waals surface area contributed by atoms with Crippen LogP contribution >= 0.6 is 0 Å². The van der Waals surface area contributed by atoms with Gasteiger partial charge in [-0.1, -0.05) is 13.8 Å². The van der Waals surface area contributed by atoms with Gasteiger partial charge < -0.3 is 9.52 Å². The molecular weight excluding hydrogens is 346 g/mol. The molecule has 0 bridgehead atoms. The minimum absolute atomic E-state index is 0.00392. The molecular formula is C16H25N3O5S. The molecule has 2 fully saturated rings. The summed E-state index contributed by atoms with van der Waals surface area (Å²) in [6, 6.07) is 0. The second-order valence-electron chi connectivity index (χ2n) is 7.35. The molecule has 3 heterocycles. The van der Waals surface area contributed by atoms with E-state index in [1.807, 2.05) is 18.7 Å². The van der Waals surface area contributed by atoms with Gasteiger partial charge in [0.1, 0.15) is 6.26 Å². The predicted octanol–water partition coefficient (Wildman–Crippen LogP) is 0.966. The molecule has 0 unspecified atom stereocenters. The summed E-state index contributed by atoms with van der Waals surface area (Å²) in [5.74, 6) is -0.261. The number of carboxylic acids is 1. The van der Waals surface area contributed by atoms with Gasteiger partial charge >= 0.3 is 5.97 Å². The van der Waals surface area contributed by atoms with E-state index in [2.05, 4.69) is 4.98 Å². The summed E-state index contributed by atoms with van der Waals surface area (Å²) in [6.07, 6.45) is 1.62.